The fourth-order valence-electron chi connectivity index (χ4n) is 7.57. The summed E-state index contributed by atoms with van der Waals surface area (Å²) in [6.45, 7) is 6.40. The quantitative estimate of drug-likeness (QED) is 0.549. The van der Waals surface area contributed by atoms with Crippen LogP contribution in [0.15, 0.2) is 66.8 Å². The lowest BCUT2D eigenvalue weighted by molar-refractivity contribution is -0.153. The fourth-order valence-corrected chi connectivity index (χ4v) is 7.57. The molecule has 216 valence electrons. The first-order valence-corrected chi connectivity index (χ1v) is 14.8. The lowest BCUT2D eigenvalue weighted by Crippen LogP contribution is -2.60. The molecule has 1 unspecified atom stereocenters. The summed E-state index contributed by atoms with van der Waals surface area (Å²) >= 11 is 0. The summed E-state index contributed by atoms with van der Waals surface area (Å²) in [4.78, 5) is 48.3. The van der Waals surface area contributed by atoms with Crippen molar-refractivity contribution in [1.29, 1.82) is 0 Å². The number of fused-ring (bicyclic) bond motifs is 3. The summed E-state index contributed by atoms with van der Waals surface area (Å²) in [5.41, 5.74) is -1.64. The molecular weight excluding hydrogens is 518 g/mol. The second kappa shape index (κ2) is 10.1. The van der Waals surface area contributed by atoms with Gasteiger partial charge in [-0.2, -0.15) is 0 Å². The topological polar surface area (TPSA) is 90.4 Å². The van der Waals surface area contributed by atoms with Gasteiger partial charge in [0, 0.05) is 25.8 Å². The van der Waals surface area contributed by atoms with Crippen molar-refractivity contribution in [3.63, 3.8) is 0 Å². The Morgan fingerprint density at radius 1 is 0.951 bits per heavy atom. The second-order valence-electron chi connectivity index (χ2n) is 12.0. The van der Waals surface area contributed by atoms with Gasteiger partial charge in [-0.15, -0.1) is 0 Å². The highest BCUT2D eigenvalue weighted by Crippen LogP contribution is 2.59. The summed E-state index contributed by atoms with van der Waals surface area (Å²) < 4.78 is 7.02. The largest absolute Gasteiger partial charge is 0.394 e. The van der Waals surface area contributed by atoms with Gasteiger partial charge in [0.2, 0.25) is 11.8 Å². The van der Waals surface area contributed by atoms with Crippen molar-refractivity contribution in [1.82, 2.24) is 9.80 Å². The summed E-state index contributed by atoms with van der Waals surface area (Å²) in [5, 5.41) is 12.7. The third-order valence-corrected chi connectivity index (χ3v) is 9.97. The molecule has 2 fully saturated rings. The van der Waals surface area contributed by atoms with Crippen molar-refractivity contribution in [2.75, 3.05) is 31.6 Å². The first-order valence-electron chi connectivity index (χ1n) is 14.8. The summed E-state index contributed by atoms with van der Waals surface area (Å²) in [6, 6.07) is 12.3. The van der Waals surface area contributed by atoms with Crippen molar-refractivity contribution in [2.24, 2.45) is 17.8 Å². The lowest BCUT2D eigenvalue weighted by atomic mass is 9.73. The molecular formula is C33H39N3O5. The molecule has 4 aliphatic rings. The van der Waals surface area contributed by atoms with E-state index >= 15 is 0 Å². The van der Waals surface area contributed by atoms with Crippen molar-refractivity contribution in [3.8, 4) is 0 Å². The van der Waals surface area contributed by atoms with Gasteiger partial charge in [0.25, 0.3) is 5.91 Å². The standard InChI is InChI=1S/C33H39N3O5/c1-5-21(3)25(20-37)36-28-31(40)35(24-14-13-22-11-7-8-12-23(22)19-24)18-10-16-33(28)27(30(36)39)26-29(38)34(4)17-9-15-32(26,6-2)41-33/h7-16,19,21,25-28,37H,5-6,17-18,20H2,1-4H3/t21-,25-,26-,27-,28?,32+,33-/m0/s1. The second-order valence-corrected chi connectivity index (χ2v) is 12.0. The van der Waals surface area contributed by atoms with Gasteiger partial charge >= 0.3 is 0 Å². The first kappa shape index (κ1) is 27.7. The van der Waals surface area contributed by atoms with Gasteiger partial charge in [-0.05, 0) is 35.2 Å². The molecule has 7 atom stereocenters. The Kier molecular flexibility index (Phi) is 6.82. The number of carbonyl (C=O) groups is 3. The van der Waals surface area contributed by atoms with Crippen LogP contribution in [-0.4, -0.2) is 82.7 Å². The molecule has 1 N–H and O–H groups in total. The predicted molar refractivity (Wildman–Crippen MR) is 157 cm³/mol. The van der Waals surface area contributed by atoms with Crippen molar-refractivity contribution in [3.05, 3.63) is 66.8 Å². The van der Waals surface area contributed by atoms with E-state index in [1.54, 1.807) is 21.7 Å². The first-order chi connectivity index (χ1) is 19.7. The van der Waals surface area contributed by atoms with E-state index < -0.39 is 35.1 Å². The van der Waals surface area contributed by atoms with Crippen LogP contribution in [0.5, 0.6) is 0 Å². The van der Waals surface area contributed by atoms with Crippen molar-refractivity contribution >= 4 is 34.2 Å². The Morgan fingerprint density at radius 3 is 2.39 bits per heavy atom. The number of carbonyl (C=O) groups excluding carboxylic acids is 3. The highest BCUT2D eigenvalue weighted by Gasteiger charge is 2.76. The third-order valence-electron chi connectivity index (χ3n) is 9.97. The molecule has 0 aliphatic carbocycles. The number of hydrogen-bond acceptors (Lipinski definition) is 5. The maximum absolute atomic E-state index is 14.8. The predicted octanol–water partition coefficient (Wildman–Crippen LogP) is 3.54. The van der Waals surface area contributed by atoms with Gasteiger partial charge in [-0.3, -0.25) is 14.4 Å². The van der Waals surface area contributed by atoms with E-state index in [2.05, 4.69) is 0 Å². The Labute approximate surface area is 241 Å². The highest BCUT2D eigenvalue weighted by molar-refractivity contribution is 6.07. The maximum atomic E-state index is 14.8. The van der Waals surface area contributed by atoms with Crippen LogP contribution in [0.2, 0.25) is 0 Å². The molecule has 2 saturated heterocycles. The lowest BCUT2D eigenvalue weighted by Gasteiger charge is -2.42. The zero-order chi connectivity index (χ0) is 29.1. The molecule has 4 heterocycles. The van der Waals surface area contributed by atoms with Crippen LogP contribution < -0.4 is 4.90 Å². The molecule has 0 aromatic heterocycles. The molecule has 3 amide bonds. The molecule has 6 rings (SSSR count). The number of likely N-dealkylation sites (tertiary alicyclic amines) is 1. The highest BCUT2D eigenvalue weighted by atomic mass is 16.5. The van der Waals surface area contributed by atoms with Crippen LogP contribution in [-0.2, 0) is 19.1 Å². The Morgan fingerprint density at radius 2 is 1.68 bits per heavy atom. The SMILES string of the molecule is CC[C@H](C)[C@H](CO)N1C(=O)[C@@H]2[C@H]3C(=O)N(C)CC=C[C@@]3(CC)O[C@@]23C=CCN(c2ccc4ccccc4c2)C(=O)C13. The number of hydrogen-bond donors (Lipinski definition) is 1. The molecule has 0 saturated carbocycles. The van der Waals surface area contributed by atoms with Crippen LogP contribution in [0.3, 0.4) is 0 Å². The number of benzene rings is 2. The van der Waals surface area contributed by atoms with E-state index in [0.717, 1.165) is 16.5 Å². The molecule has 41 heavy (non-hydrogen) atoms. The maximum Gasteiger partial charge on any atom is 0.253 e. The Balaban J connectivity index is 1.53. The number of ether oxygens (including phenoxy) is 1. The minimum Gasteiger partial charge on any atom is -0.394 e. The van der Waals surface area contributed by atoms with E-state index in [1.165, 1.54) is 0 Å². The van der Waals surface area contributed by atoms with Gasteiger partial charge < -0.3 is 24.5 Å². The minimum atomic E-state index is -1.35. The number of nitrogens with zero attached hydrogens (tertiary/aromatic N) is 3. The normalized spacial score (nSPS) is 32.6. The Bertz CT molecular complexity index is 1450. The van der Waals surface area contributed by atoms with Crippen molar-refractivity contribution < 1.29 is 24.2 Å². The number of rotatable bonds is 6. The summed E-state index contributed by atoms with van der Waals surface area (Å²) in [7, 11) is 1.74. The molecule has 0 radical (unpaired) electrons. The van der Waals surface area contributed by atoms with Gasteiger partial charge in [-0.25, -0.2) is 0 Å². The smallest absolute Gasteiger partial charge is 0.253 e. The number of likely N-dealkylation sites (N-methyl/N-ethyl adjacent to an activating group) is 1. The van der Waals surface area contributed by atoms with E-state index in [4.69, 9.17) is 4.74 Å². The van der Waals surface area contributed by atoms with Crippen LogP contribution >= 0.6 is 0 Å². The average Bonchev–Trinajstić information content (AvgIpc) is 3.28. The van der Waals surface area contributed by atoms with Gasteiger partial charge in [0.1, 0.15) is 11.6 Å². The van der Waals surface area contributed by atoms with E-state index in [1.807, 2.05) is 87.5 Å². The number of aliphatic hydroxyl groups excluding tert-OH is 1. The molecule has 8 heteroatoms. The van der Waals surface area contributed by atoms with Crippen LogP contribution in [0.1, 0.15) is 33.6 Å². The van der Waals surface area contributed by atoms with Crippen LogP contribution in [0.4, 0.5) is 5.69 Å². The number of aliphatic hydroxyl groups is 1. The monoisotopic (exact) mass is 557 g/mol. The summed E-state index contributed by atoms with van der Waals surface area (Å²) in [5.74, 6) is -2.47. The molecule has 4 aliphatic heterocycles. The zero-order valence-corrected chi connectivity index (χ0v) is 24.2. The van der Waals surface area contributed by atoms with E-state index in [-0.39, 0.29) is 30.2 Å². The number of anilines is 1. The third kappa shape index (κ3) is 3.91. The Hall–Kier alpha value is -3.49. The molecule has 2 aromatic rings. The molecule has 1 spiro atoms. The number of amides is 3. The van der Waals surface area contributed by atoms with Crippen LogP contribution in [0, 0.1) is 17.8 Å². The van der Waals surface area contributed by atoms with Gasteiger partial charge in [0.05, 0.1) is 30.1 Å². The van der Waals surface area contributed by atoms with Crippen LogP contribution in [0.25, 0.3) is 10.8 Å². The van der Waals surface area contributed by atoms with E-state index in [0.29, 0.717) is 25.9 Å². The van der Waals surface area contributed by atoms with E-state index in [9.17, 15) is 19.5 Å². The minimum absolute atomic E-state index is 0.0719. The molecule has 8 nitrogen and oxygen atoms in total. The fraction of sp³-hybridized carbons (Fsp3) is 0.485. The molecule has 2 aromatic carbocycles. The average molecular weight is 558 g/mol. The van der Waals surface area contributed by atoms with Gasteiger partial charge in [0.15, 0.2) is 0 Å². The molecule has 0 bridgehead atoms. The van der Waals surface area contributed by atoms with Gasteiger partial charge in [-0.1, -0.05) is 81.8 Å². The summed E-state index contributed by atoms with van der Waals surface area (Å²) in [6.07, 6.45) is 8.83. The zero-order valence-electron chi connectivity index (χ0n) is 24.2. The van der Waals surface area contributed by atoms with Crippen molar-refractivity contribution in [2.45, 2.75) is 56.9 Å².